The zero-order chi connectivity index (χ0) is 23.2. The van der Waals surface area contributed by atoms with Crippen molar-refractivity contribution in [1.82, 2.24) is 34.0 Å². The number of hydrogen-bond donors (Lipinski definition) is 1. The van der Waals surface area contributed by atoms with E-state index in [2.05, 4.69) is 30.3 Å². The topological polar surface area (TPSA) is 85.4 Å². The van der Waals surface area contributed by atoms with E-state index in [1.807, 2.05) is 24.4 Å². The van der Waals surface area contributed by atoms with Crippen molar-refractivity contribution in [2.24, 2.45) is 0 Å². The Balaban J connectivity index is 1.22. The Kier molecular flexibility index (Phi) is 5.37. The highest BCUT2D eigenvalue weighted by atomic mass is 19.3. The first-order valence-electron chi connectivity index (χ1n) is 11.6. The molecule has 0 amide bonds. The van der Waals surface area contributed by atoms with Crippen LogP contribution in [-0.2, 0) is 11.3 Å². The highest BCUT2D eigenvalue weighted by molar-refractivity contribution is 5.82. The van der Waals surface area contributed by atoms with Gasteiger partial charge in [0, 0.05) is 30.9 Å². The van der Waals surface area contributed by atoms with Crippen molar-refractivity contribution in [3.8, 4) is 11.3 Å². The van der Waals surface area contributed by atoms with Crippen molar-refractivity contribution >= 4 is 22.6 Å². The molecular formula is C23H26F2N8O. The maximum Gasteiger partial charge on any atom is 0.256 e. The van der Waals surface area contributed by atoms with Crippen LogP contribution < -0.4 is 5.32 Å². The third-order valence-electron chi connectivity index (χ3n) is 6.80. The minimum Gasteiger partial charge on any atom is -0.378 e. The van der Waals surface area contributed by atoms with Crippen LogP contribution in [0.25, 0.3) is 27.9 Å². The SMILES string of the molecule is Cc1nc2ccc(-c3ccn4nc(NC5CCN(C6COC6)CC5)ncc34)nc2n1CC(F)F. The number of nitrogens with zero attached hydrogens (tertiary/aromatic N) is 7. The Morgan fingerprint density at radius 2 is 1.97 bits per heavy atom. The third-order valence-corrected chi connectivity index (χ3v) is 6.80. The van der Waals surface area contributed by atoms with Gasteiger partial charge in [-0.15, -0.1) is 5.10 Å². The van der Waals surface area contributed by atoms with Gasteiger partial charge in [-0.3, -0.25) is 4.90 Å². The number of anilines is 1. The molecule has 4 aromatic heterocycles. The molecule has 2 aliphatic heterocycles. The van der Waals surface area contributed by atoms with Crippen LogP contribution >= 0.6 is 0 Å². The number of ether oxygens (including phenoxy) is 1. The second kappa shape index (κ2) is 8.55. The van der Waals surface area contributed by atoms with Gasteiger partial charge in [-0.2, -0.15) is 0 Å². The standard InChI is InChI=1S/C23H26F2N8O/c1-14-27-19-3-2-18(29-22(19)32(14)11-21(24)25)17-6-9-33-20(17)10-26-23(30-33)28-15-4-7-31(8-5-15)16-12-34-13-16/h2-3,6,9-10,15-16,21H,4-5,7-8,11-13H2,1H3,(H,28,30). The average Bonchev–Trinajstić information content (AvgIpc) is 3.34. The van der Waals surface area contributed by atoms with E-state index in [1.54, 1.807) is 17.6 Å². The van der Waals surface area contributed by atoms with Gasteiger partial charge in [-0.1, -0.05) is 0 Å². The van der Waals surface area contributed by atoms with Crippen molar-refractivity contribution in [2.45, 2.75) is 44.8 Å². The van der Waals surface area contributed by atoms with Gasteiger partial charge in [-0.05, 0) is 38.0 Å². The average molecular weight is 469 g/mol. The predicted molar refractivity (Wildman–Crippen MR) is 123 cm³/mol. The number of pyridine rings is 1. The maximum atomic E-state index is 13.1. The number of fused-ring (bicyclic) bond motifs is 2. The molecule has 4 aromatic rings. The van der Waals surface area contributed by atoms with Gasteiger partial charge in [-0.25, -0.2) is 28.2 Å². The molecule has 0 saturated carbocycles. The van der Waals surface area contributed by atoms with Crippen molar-refractivity contribution < 1.29 is 13.5 Å². The van der Waals surface area contributed by atoms with Crippen molar-refractivity contribution in [2.75, 3.05) is 31.6 Å². The normalized spacial score (nSPS) is 18.2. The van der Waals surface area contributed by atoms with Gasteiger partial charge in [0.25, 0.3) is 6.43 Å². The van der Waals surface area contributed by atoms with Crippen molar-refractivity contribution in [3.05, 3.63) is 36.4 Å². The third kappa shape index (κ3) is 3.88. The van der Waals surface area contributed by atoms with E-state index in [9.17, 15) is 8.78 Å². The summed E-state index contributed by atoms with van der Waals surface area (Å²) in [5.41, 5.74) is 3.36. The molecule has 6 rings (SSSR count). The van der Waals surface area contributed by atoms with E-state index >= 15 is 0 Å². The van der Waals surface area contributed by atoms with Crippen molar-refractivity contribution in [1.29, 1.82) is 0 Å². The Labute approximate surface area is 194 Å². The van der Waals surface area contributed by atoms with Gasteiger partial charge >= 0.3 is 0 Å². The summed E-state index contributed by atoms with van der Waals surface area (Å²) >= 11 is 0. The Bertz CT molecular complexity index is 1320. The van der Waals surface area contributed by atoms with Crippen LogP contribution in [0.2, 0.25) is 0 Å². The first kappa shape index (κ1) is 21.4. The molecule has 0 aliphatic carbocycles. The molecule has 2 fully saturated rings. The minimum atomic E-state index is -2.48. The van der Waals surface area contributed by atoms with E-state index in [4.69, 9.17) is 4.74 Å². The number of imidazole rings is 1. The van der Waals surface area contributed by atoms with Crippen LogP contribution in [-0.4, -0.2) is 78.8 Å². The summed E-state index contributed by atoms with van der Waals surface area (Å²) in [5, 5.41) is 8.11. The Hall–Kier alpha value is -3.18. The van der Waals surface area contributed by atoms with Gasteiger partial charge in [0.1, 0.15) is 11.3 Å². The molecule has 2 aliphatic rings. The number of alkyl halides is 2. The van der Waals surface area contributed by atoms with E-state index in [1.165, 1.54) is 4.57 Å². The summed E-state index contributed by atoms with van der Waals surface area (Å²) in [6, 6.07) is 6.51. The quantitative estimate of drug-likeness (QED) is 0.466. The van der Waals surface area contributed by atoms with E-state index < -0.39 is 13.0 Å². The molecule has 0 radical (unpaired) electrons. The smallest absolute Gasteiger partial charge is 0.256 e. The lowest BCUT2D eigenvalue weighted by atomic mass is 10.0. The Morgan fingerprint density at radius 1 is 1.15 bits per heavy atom. The number of aryl methyl sites for hydroxylation is 1. The van der Waals surface area contributed by atoms with Crippen LogP contribution in [0.15, 0.2) is 30.6 Å². The molecule has 2 saturated heterocycles. The van der Waals surface area contributed by atoms with Crippen LogP contribution in [0.1, 0.15) is 18.7 Å². The number of rotatable bonds is 6. The fourth-order valence-corrected chi connectivity index (χ4v) is 4.83. The lowest BCUT2D eigenvalue weighted by Gasteiger charge is -2.41. The molecular weight excluding hydrogens is 442 g/mol. The zero-order valence-corrected chi connectivity index (χ0v) is 18.9. The highest BCUT2D eigenvalue weighted by Gasteiger charge is 2.29. The van der Waals surface area contributed by atoms with Gasteiger partial charge in [0.15, 0.2) is 5.65 Å². The summed E-state index contributed by atoms with van der Waals surface area (Å²) < 4.78 is 34.7. The fourth-order valence-electron chi connectivity index (χ4n) is 4.83. The minimum absolute atomic E-state index is 0.340. The van der Waals surface area contributed by atoms with Gasteiger partial charge < -0.3 is 14.6 Å². The number of piperidine rings is 1. The van der Waals surface area contributed by atoms with Crippen LogP contribution in [0.5, 0.6) is 0 Å². The number of nitrogens with one attached hydrogen (secondary N) is 1. The highest BCUT2D eigenvalue weighted by Crippen LogP contribution is 2.27. The van der Waals surface area contributed by atoms with Crippen molar-refractivity contribution in [3.63, 3.8) is 0 Å². The molecule has 1 N–H and O–H groups in total. The first-order valence-corrected chi connectivity index (χ1v) is 11.6. The lowest BCUT2D eigenvalue weighted by molar-refractivity contribution is -0.0705. The second-order valence-corrected chi connectivity index (χ2v) is 8.99. The summed E-state index contributed by atoms with van der Waals surface area (Å²) in [4.78, 5) is 16.1. The zero-order valence-electron chi connectivity index (χ0n) is 18.9. The Morgan fingerprint density at radius 3 is 2.71 bits per heavy atom. The van der Waals surface area contributed by atoms with E-state index in [-0.39, 0.29) is 0 Å². The molecule has 6 heterocycles. The van der Waals surface area contributed by atoms with E-state index in [0.29, 0.717) is 40.7 Å². The molecule has 0 aromatic carbocycles. The first-order chi connectivity index (χ1) is 16.5. The van der Waals surface area contributed by atoms with E-state index in [0.717, 1.165) is 50.2 Å². The maximum absolute atomic E-state index is 13.1. The molecule has 0 bridgehead atoms. The van der Waals surface area contributed by atoms with Gasteiger partial charge in [0.05, 0.1) is 43.2 Å². The molecule has 34 heavy (non-hydrogen) atoms. The molecule has 9 nitrogen and oxygen atoms in total. The fraction of sp³-hybridized carbons (Fsp3) is 0.478. The molecule has 11 heteroatoms. The van der Waals surface area contributed by atoms with Gasteiger partial charge in [0.2, 0.25) is 5.95 Å². The molecule has 0 atom stereocenters. The van der Waals surface area contributed by atoms with Crippen LogP contribution in [0.3, 0.4) is 0 Å². The summed E-state index contributed by atoms with van der Waals surface area (Å²) in [6.45, 7) is 5.09. The predicted octanol–water partition coefficient (Wildman–Crippen LogP) is 2.99. The van der Waals surface area contributed by atoms with Crippen LogP contribution in [0, 0.1) is 6.92 Å². The summed E-state index contributed by atoms with van der Waals surface area (Å²) in [6.07, 6.45) is 3.26. The second-order valence-electron chi connectivity index (χ2n) is 8.99. The molecule has 0 unspecified atom stereocenters. The summed E-state index contributed by atoms with van der Waals surface area (Å²) in [7, 11) is 0. The number of hydrogen-bond acceptors (Lipinski definition) is 7. The molecule has 178 valence electrons. The number of aromatic nitrogens is 6. The number of halogens is 2. The lowest BCUT2D eigenvalue weighted by Crippen LogP contribution is -2.53. The van der Waals surface area contributed by atoms with Crippen LogP contribution in [0.4, 0.5) is 14.7 Å². The largest absolute Gasteiger partial charge is 0.378 e. The molecule has 0 spiro atoms. The number of likely N-dealkylation sites (tertiary alicyclic amines) is 1. The monoisotopic (exact) mass is 468 g/mol. The summed E-state index contributed by atoms with van der Waals surface area (Å²) in [5.74, 6) is 1.11.